The number of nitrogens with two attached hydrogens (primary N) is 1. The number of thioether (sulfide) groups is 1. The number of nitrogen functional groups attached to an aromatic ring is 1. The van der Waals surface area contributed by atoms with Crippen LogP contribution in [0.4, 0.5) is 5.82 Å². The molecule has 1 amide bonds. The Hall–Kier alpha value is -1.53. The first-order valence-electron chi connectivity index (χ1n) is 5.74. The number of rotatable bonds is 5. The first-order chi connectivity index (χ1) is 9.15. The molecule has 0 atom stereocenters. The van der Waals surface area contributed by atoms with Gasteiger partial charge in [0.15, 0.2) is 0 Å². The van der Waals surface area contributed by atoms with Gasteiger partial charge < -0.3 is 10.6 Å². The monoisotopic (exact) mass is 293 g/mol. The number of carbonyl (C=O) groups excluding carboxylic acids is 1. The second-order valence-corrected chi connectivity index (χ2v) is 5.92. The van der Waals surface area contributed by atoms with Gasteiger partial charge in [0.1, 0.15) is 5.82 Å². The van der Waals surface area contributed by atoms with Gasteiger partial charge in [-0.15, -0.1) is 11.8 Å². The molecule has 2 aromatic heterocycles. The normalized spacial score (nSPS) is 10.4. The molecule has 6 heteroatoms. The van der Waals surface area contributed by atoms with E-state index in [0.717, 1.165) is 4.90 Å². The fourth-order valence-electron chi connectivity index (χ4n) is 1.48. The molecule has 2 N–H and O–H groups in total. The molecular formula is C13H15N3OS2. The Morgan fingerprint density at radius 3 is 2.95 bits per heavy atom. The highest BCUT2D eigenvalue weighted by Crippen LogP contribution is 2.18. The molecule has 4 nitrogen and oxygen atoms in total. The van der Waals surface area contributed by atoms with Crippen molar-refractivity contribution < 1.29 is 4.79 Å². The van der Waals surface area contributed by atoms with Crippen LogP contribution in [-0.2, 0) is 11.3 Å². The van der Waals surface area contributed by atoms with Gasteiger partial charge in [0.2, 0.25) is 5.91 Å². The Labute approximate surface area is 120 Å². The van der Waals surface area contributed by atoms with E-state index in [1.54, 1.807) is 28.5 Å². The highest BCUT2D eigenvalue weighted by molar-refractivity contribution is 8.00. The summed E-state index contributed by atoms with van der Waals surface area (Å²) in [6.45, 7) is 0.656. The summed E-state index contributed by atoms with van der Waals surface area (Å²) in [7, 11) is 1.82. The van der Waals surface area contributed by atoms with E-state index in [9.17, 15) is 4.79 Å². The van der Waals surface area contributed by atoms with Crippen molar-refractivity contribution >= 4 is 34.8 Å². The number of hydrogen-bond donors (Lipinski definition) is 1. The molecule has 0 aromatic carbocycles. The second-order valence-electron chi connectivity index (χ2n) is 4.09. The smallest absolute Gasteiger partial charge is 0.232 e. The van der Waals surface area contributed by atoms with E-state index in [4.69, 9.17) is 5.73 Å². The van der Waals surface area contributed by atoms with E-state index in [-0.39, 0.29) is 5.91 Å². The highest BCUT2D eigenvalue weighted by Gasteiger charge is 2.10. The lowest BCUT2D eigenvalue weighted by Gasteiger charge is -2.16. The summed E-state index contributed by atoms with van der Waals surface area (Å²) in [4.78, 5) is 18.7. The predicted molar refractivity (Wildman–Crippen MR) is 80.2 cm³/mol. The van der Waals surface area contributed by atoms with Gasteiger partial charge in [0.25, 0.3) is 0 Å². The third-order valence-electron chi connectivity index (χ3n) is 2.55. The van der Waals surface area contributed by atoms with Gasteiger partial charge in [0.05, 0.1) is 5.75 Å². The lowest BCUT2D eigenvalue weighted by Crippen LogP contribution is -2.27. The van der Waals surface area contributed by atoms with Crippen LogP contribution in [0.3, 0.4) is 0 Å². The van der Waals surface area contributed by atoms with Crippen LogP contribution < -0.4 is 5.73 Å². The molecule has 100 valence electrons. The Morgan fingerprint density at radius 2 is 2.32 bits per heavy atom. The molecule has 0 radical (unpaired) electrons. The van der Waals surface area contributed by atoms with E-state index in [2.05, 4.69) is 10.4 Å². The molecule has 2 rings (SSSR count). The number of anilines is 1. The maximum absolute atomic E-state index is 12.0. The minimum atomic E-state index is 0.105. The molecule has 0 aliphatic heterocycles. The summed E-state index contributed by atoms with van der Waals surface area (Å²) >= 11 is 3.11. The van der Waals surface area contributed by atoms with Crippen LogP contribution in [0.15, 0.2) is 40.1 Å². The van der Waals surface area contributed by atoms with Gasteiger partial charge in [-0.1, -0.05) is 0 Å². The van der Waals surface area contributed by atoms with Crippen molar-refractivity contribution in [3.05, 3.63) is 40.7 Å². The Kier molecular flexibility index (Phi) is 4.81. The standard InChI is InChI=1S/C13H15N3OS2/c1-16(7-10-4-5-18-8-10)13(17)9-19-11-2-3-12(14)15-6-11/h2-6,8H,7,9H2,1H3,(H2,14,15). The molecule has 2 aromatic rings. The fourth-order valence-corrected chi connectivity index (χ4v) is 2.94. The van der Waals surface area contributed by atoms with E-state index in [1.807, 2.05) is 24.6 Å². The van der Waals surface area contributed by atoms with Crippen LogP contribution in [-0.4, -0.2) is 28.6 Å². The van der Waals surface area contributed by atoms with E-state index in [1.165, 1.54) is 17.3 Å². The summed E-state index contributed by atoms with van der Waals surface area (Å²) in [5.74, 6) is 1.00. The Morgan fingerprint density at radius 1 is 1.47 bits per heavy atom. The third kappa shape index (κ3) is 4.25. The molecule has 0 aliphatic rings. The molecule has 0 bridgehead atoms. The first kappa shape index (κ1) is 13.9. The van der Waals surface area contributed by atoms with Gasteiger partial charge in [-0.05, 0) is 34.5 Å². The summed E-state index contributed by atoms with van der Waals surface area (Å²) in [6.07, 6.45) is 1.69. The predicted octanol–water partition coefficient (Wildman–Crippen LogP) is 2.48. The molecule has 0 saturated heterocycles. The van der Waals surface area contributed by atoms with Gasteiger partial charge in [-0.2, -0.15) is 11.3 Å². The molecule has 19 heavy (non-hydrogen) atoms. The summed E-state index contributed by atoms with van der Waals surface area (Å²) < 4.78 is 0. The van der Waals surface area contributed by atoms with Crippen molar-refractivity contribution in [3.8, 4) is 0 Å². The zero-order chi connectivity index (χ0) is 13.7. The van der Waals surface area contributed by atoms with Crippen LogP contribution in [0.25, 0.3) is 0 Å². The zero-order valence-corrected chi connectivity index (χ0v) is 12.2. The Bertz CT molecular complexity index is 525. The zero-order valence-electron chi connectivity index (χ0n) is 10.6. The number of aromatic nitrogens is 1. The van der Waals surface area contributed by atoms with Crippen molar-refractivity contribution in [3.63, 3.8) is 0 Å². The molecule has 0 aliphatic carbocycles. The van der Waals surface area contributed by atoms with Crippen LogP contribution in [0.1, 0.15) is 5.56 Å². The molecule has 0 fully saturated rings. The van der Waals surface area contributed by atoms with Crippen molar-refractivity contribution in [1.29, 1.82) is 0 Å². The minimum Gasteiger partial charge on any atom is -0.384 e. The number of thiophene rings is 1. The first-order valence-corrected chi connectivity index (χ1v) is 7.67. The van der Waals surface area contributed by atoms with Crippen LogP contribution >= 0.6 is 23.1 Å². The number of amides is 1. The van der Waals surface area contributed by atoms with Gasteiger partial charge in [-0.25, -0.2) is 4.98 Å². The van der Waals surface area contributed by atoms with Crippen molar-refractivity contribution in [2.45, 2.75) is 11.4 Å². The SMILES string of the molecule is CN(Cc1ccsc1)C(=O)CSc1ccc(N)nc1. The quantitative estimate of drug-likeness (QED) is 0.860. The average Bonchev–Trinajstić information content (AvgIpc) is 2.90. The van der Waals surface area contributed by atoms with Crippen molar-refractivity contribution in [2.24, 2.45) is 0 Å². The van der Waals surface area contributed by atoms with Gasteiger partial charge >= 0.3 is 0 Å². The minimum absolute atomic E-state index is 0.105. The third-order valence-corrected chi connectivity index (χ3v) is 4.25. The Balaban J connectivity index is 1.82. The second kappa shape index (κ2) is 6.58. The molecule has 0 saturated carbocycles. The van der Waals surface area contributed by atoms with E-state index < -0.39 is 0 Å². The molecule has 0 unspecified atom stereocenters. The van der Waals surface area contributed by atoms with Gasteiger partial charge in [0, 0.05) is 24.7 Å². The van der Waals surface area contributed by atoms with Crippen molar-refractivity contribution in [1.82, 2.24) is 9.88 Å². The molecule has 0 spiro atoms. The summed E-state index contributed by atoms with van der Waals surface area (Å²) in [6, 6.07) is 5.65. The lowest BCUT2D eigenvalue weighted by molar-refractivity contribution is -0.127. The van der Waals surface area contributed by atoms with Gasteiger partial charge in [-0.3, -0.25) is 4.79 Å². The number of hydrogen-bond acceptors (Lipinski definition) is 5. The lowest BCUT2D eigenvalue weighted by atomic mass is 10.3. The summed E-state index contributed by atoms with van der Waals surface area (Å²) in [5, 5.41) is 4.07. The number of pyridine rings is 1. The maximum Gasteiger partial charge on any atom is 0.232 e. The van der Waals surface area contributed by atoms with E-state index >= 15 is 0 Å². The summed E-state index contributed by atoms with van der Waals surface area (Å²) in [5.41, 5.74) is 6.68. The van der Waals surface area contributed by atoms with Crippen LogP contribution in [0.2, 0.25) is 0 Å². The number of nitrogens with zero attached hydrogens (tertiary/aromatic N) is 2. The molecule has 2 heterocycles. The number of carbonyl (C=O) groups is 1. The average molecular weight is 293 g/mol. The van der Waals surface area contributed by atoms with Crippen LogP contribution in [0.5, 0.6) is 0 Å². The van der Waals surface area contributed by atoms with E-state index in [0.29, 0.717) is 18.1 Å². The largest absolute Gasteiger partial charge is 0.384 e. The fraction of sp³-hybridized carbons (Fsp3) is 0.231. The highest BCUT2D eigenvalue weighted by atomic mass is 32.2. The topological polar surface area (TPSA) is 59.2 Å². The molecular weight excluding hydrogens is 278 g/mol. The van der Waals surface area contributed by atoms with Crippen molar-refractivity contribution in [2.75, 3.05) is 18.5 Å². The maximum atomic E-state index is 12.0. The van der Waals surface area contributed by atoms with Crippen LogP contribution in [0, 0.1) is 0 Å².